The third kappa shape index (κ3) is 4.43. The molecule has 0 spiro atoms. The minimum atomic E-state index is -0.536. The summed E-state index contributed by atoms with van der Waals surface area (Å²) in [4.78, 5) is 21.6. The Labute approximate surface area is 209 Å². The van der Waals surface area contributed by atoms with Gasteiger partial charge in [-0.2, -0.15) is 15.0 Å². The van der Waals surface area contributed by atoms with Gasteiger partial charge in [-0.1, -0.05) is 35.9 Å². The van der Waals surface area contributed by atoms with Crippen molar-refractivity contribution < 1.29 is 9.90 Å². The molecular formula is C25H17ClN8O2. The summed E-state index contributed by atoms with van der Waals surface area (Å²) in [6.45, 7) is 0.535. The van der Waals surface area contributed by atoms with E-state index in [1.807, 2.05) is 12.1 Å². The van der Waals surface area contributed by atoms with Crippen LogP contribution in [0.3, 0.4) is 0 Å². The van der Waals surface area contributed by atoms with E-state index in [1.165, 1.54) is 10.9 Å². The molecule has 4 aromatic rings. The number of phenolic OH excluding ortho intramolecular Hbond substituents is 1. The second-order valence-corrected chi connectivity index (χ2v) is 8.13. The Morgan fingerprint density at radius 2 is 1.97 bits per heavy atom. The number of fused-ring (bicyclic) bond motifs is 1. The standard InChI is InChI=1S/C25H17ClN8O2/c26-17-6-8-18(9-7-17)31-24(36)20-12-15-4-1-2-5-19(15)21(22(20)35)32-33-23-16(13-27)14-30-34(23)25-28-10-3-11-29-25/h1-2,4-10,12,14,35H,3,11H2,(H,31,36)/b33-32+. The second-order valence-electron chi connectivity index (χ2n) is 7.69. The van der Waals surface area contributed by atoms with Gasteiger partial charge >= 0.3 is 0 Å². The van der Waals surface area contributed by atoms with E-state index in [0.29, 0.717) is 34.4 Å². The molecule has 0 radical (unpaired) electrons. The Morgan fingerprint density at radius 1 is 1.17 bits per heavy atom. The van der Waals surface area contributed by atoms with Crippen molar-refractivity contribution in [2.45, 2.75) is 6.42 Å². The maximum atomic E-state index is 13.0. The number of aliphatic imine (C=N–C) groups is 2. The number of azo groups is 1. The van der Waals surface area contributed by atoms with Gasteiger partial charge in [-0.3, -0.25) is 4.79 Å². The first kappa shape index (κ1) is 22.9. The predicted octanol–water partition coefficient (Wildman–Crippen LogP) is 5.61. The average Bonchev–Trinajstić information content (AvgIpc) is 3.32. The molecule has 0 aliphatic carbocycles. The minimum absolute atomic E-state index is 0.00729. The Bertz CT molecular complexity index is 1610. The molecule has 0 saturated carbocycles. The van der Waals surface area contributed by atoms with Gasteiger partial charge in [-0.05, 0) is 35.7 Å². The van der Waals surface area contributed by atoms with Crippen LogP contribution in [0.15, 0.2) is 81.0 Å². The maximum absolute atomic E-state index is 13.0. The number of aromatic hydroxyl groups is 1. The number of carbonyl (C=O) groups excluding carboxylic acids is 1. The van der Waals surface area contributed by atoms with E-state index >= 15 is 0 Å². The van der Waals surface area contributed by atoms with E-state index in [9.17, 15) is 15.2 Å². The summed E-state index contributed by atoms with van der Waals surface area (Å²) >= 11 is 5.92. The van der Waals surface area contributed by atoms with Crippen LogP contribution in [0.25, 0.3) is 10.8 Å². The molecule has 2 N–H and O–H groups in total. The number of aromatic nitrogens is 2. The van der Waals surface area contributed by atoms with Crippen molar-refractivity contribution >= 4 is 57.6 Å². The molecule has 0 fully saturated rings. The van der Waals surface area contributed by atoms with Gasteiger partial charge in [-0.15, -0.1) is 10.2 Å². The molecule has 2 heterocycles. The molecule has 176 valence electrons. The Morgan fingerprint density at radius 3 is 2.72 bits per heavy atom. The molecule has 3 aromatic carbocycles. The summed E-state index contributed by atoms with van der Waals surface area (Å²) in [6.07, 6.45) is 3.76. The molecule has 1 aromatic heterocycles. The number of anilines is 1. The summed E-state index contributed by atoms with van der Waals surface area (Å²) in [5, 5.41) is 37.8. The predicted molar refractivity (Wildman–Crippen MR) is 137 cm³/mol. The number of hydrogen-bond acceptors (Lipinski definition) is 8. The first-order valence-electron chi connectivity index (χ1n) is 10.8. The van der Waals surface area contributed by atoms with E-state index in [0.717, 1.165) is 0 Å². The largest absolute Gasteiger partial charge is 0.505 e. The summed E-state index contributed by atoms with van der Waals surface area (Å²) in [6, 6.07) is 17.3. The lowest BCUT2D eigenvalue weighted by molar-refractivity contribution is 0.102. The normalized spacial score (nSPS) is 13.1. The maximum Gasteiger partial charge on any atom is 0.259 e. The fourth-order valence-electron chi connectivity index (χ4n) is 3.62. The fourth-order valence-corrected chi connectivity index (χ4v) is 3.74. The molecule has 0 bridgehead atoms. The number of hydrogen-bond donors (Lipinski definition) is 2. The van der Waals surface area contributed by atoms with E-state index in [4.69, 9.17) is 11.6 Å². The molecule has 1 aliphatic rings. The van der Waals surface area contributed by atoms with Crippen LogP contribution in [-0.4, -0.2) is 39.5 Å². The van der Waals surface area contributed by atoms with Crippen LogP contribution in [0.2, 0.25) is 5.02 Å². The van der Waals surface area contributed by atoms with Crippen LogP contribution in [0.5, 0.6) is 5.75 Å². The van der Waals surface area contributed by atoms with Crippen LogP contribution in [0.1, 0.15) is 22.3 Å². The highest BCUT2D eigenvalue weighted by Gasteiger charge is 2.20. The first-order chi connectivity index (χ1) is 17.5. The highest BCUT2D eigenvalue weighted by atomic mass is 35.5. The zero-order valence-corrected chi connectivity index (χ0v) is 19.4. The third-order valence-electron chi connectivity index (χ3n) is 5.36. The number of benzene rings is 3. The first-order valence-corrected chi connectivity index (χ1v) is 11.2. The molecule has 5 rings (SSSR count). The number of amides is 1. The highest BCUT2D eigenvalue weighted by molar-refractivity contribution is 6.30. The zero-order chi connectivity index (χ0) is 25.1. The van der Waals surface area contributed by atoms with E-state index in [2.05, 4.69) is 30.6 Å². The van der Waals surface area contributed by atoms with Crippen LogP contribution in [-0.2, 0) is 0 Å². The molecule has 1 aliphatic heterocycles. The average molecular weight is 497 g/mol. The van der Waals surface area contributed by atoms with Gasteiger partial charge in [0.05, 0.1) is 11.8 Å². The Hall–Kier alpha value is -4.88. The summed E-state index contributed by atoms with van der Waals surface area (Å²) < 4.78 is 1.31. The number of nitrogens with zero attached hydrogens (tertiary/aromatic N) is 7. The van der Waals surface area contributed by atoms with E-state index in [1.54, 1.807) is 54.7 Å². The summed E-state index contributed by atoms with van der Waals surface area (Å²) in [5.74, 6) is -0.510. The van der Waals surface area contributed by atoms with Crippen LogP contribution in [0.4, 0.5) is 17.2 Å². The van der Waals surface area contributed by atoms with Gasteiger partial charge in [0.1, 0.15) is 17.3 Å². The SMILES string of the molecule is N#Cc1cnn(C2=NCCC=N2)c1/N=N/c1c(O)c(C(=O)Nc2ccc(Cl)cc2)cc2ccccc12. The van der Waals surface area contributed by atoms with Crippen LogP contribution < -0.4 is 5.32 Å². The van der Waals surface area contributed by atoms with Crippen molar-refractivity contribution in [3.05, 3.63) is 76.9 Å². The molecule has 36 heavy (non-hydrogen) atoms. The molecule has 10 nitrogen and oxygen atoms in total. The molecule has 0 saturated heterocycles. The van der Waals surface area contributed by atoms with Gasteiger partial charge in [0, 0.05) is 35.3 Å². The minimum Gasteiger partial charge on any atom is -0.505 e. The van der Waals surface area contributed by atoms with Gasteiger partial charge in [0.15, 0.2) is 11.6 Å². The van der Waals surface area contributed by atoms with Crippen molar-refractivity contribution in [1.82, 2.24) is 9.78 Å². The molecule has 11 heteroatoms. The van der Waals surface area contributed by atoms with E-state index in [-0.39, 0.29) is 34.3 Å². The number of nitrogens with one attached hydrogen (secondary N) is 1. The Kier molecular flexibility index (Phi) is 6.21. The topological polar surface area (TPSA) is 140 Å². The van der Waals surface area contributed by atoms with Crippen molar-refractivity contribution in [2.24, 2.45) is 20.2 Å². The quantitative estimate of drug-likeness (QED) is 0.354. The van der Waals surface area contributed by atoms with Gasteiger partial charge in [-0.25, -0.2) is 9.98 Å². The number of rotatable bonds is 4. The van der Waals surface area contributed by atoms with Crippen molar-refractivity contribution in [3.63, 3.8) is 0 Å². The highest BCUT2D eigenvalue weighted by Crippen LogP contribution is 2.40. The monoisotopic (exact) mass is 496 g/mol. The van der Waals surface area contributed by atoms with Gasteiger partial charge < -0.3 is 10.4 Å². The van der Waals surface area contributed by atoms with Crippen molar-refractivity contribution in [3.8, 4) is 11.8 Å². The zero-order valence-electron chi connectivity index (χ0n) is 18.6. The van der Waals surface area contributed by atoms with Crippen LogP contribution >= 0.6 is 11.6 Å². The lowest BCUT2D eigenvalue weighted by Gasteiger charge is -2.11. The second kappa shape index (κ2) is 9.77. The molecular weight excluding hydrogens is 480 g/mol. The third-order valence-corrected chi connectivity index (χ3v) is 5.61. The molecule has 1 amide bonds. The van der Waals surface area contributed by atoms with Crippen LogP contribution in [0, 0.1) is 11.3 Å². The van der Waals surface area contributed by atoms with E-state index < -0.39 is 5.91 Å². The van der Waals surface area contributed by atoms with Crippen molar-refractivity contribution in [1.29, 1.82) is 5.26 Å². The molecule has 0 unspecified atom stereocenters. The van der Waals surface area contributed by atoms with Gasteiger partial charge in [0.2, 0.25) is 5.96 Å². The number of nitriles is 1. The summed E-state index contributed by atoms with van der Waals surface area (Å²) in [5.41, 5.74) is 0.743. The number of phenols is 1. The summed E-state index contributed by atoms with van der Waals surface area (Å²) in [7, 11) is 0. The number of carbonyl (C=O) groups is 1. The number of halogens is 1. The Balaban J connectivity index is 1.58. The lowest BCUT2D eigenvalue weighted by Crippen LogP contribution is -2.14. The fraction of sp³-hybridized carbons (Fsp3) is 0.0800. The van der Waals surface area contributed by atoms with Gasteiger partial charge in [0.25, 0.3) is 5.91 Å². The lowest BCUT2D eigenvalue weighted by atomic mass is 10.0. The molecule has 0 atom stereocenters. The van der Waals surface area contributed by atoms with Crippen molar-refractivity contribution in [2.75, 3.05) is 11.9 Å². The smallest absolute Gasteiger partial charge is 0.259 e.